The number of aliphatic hydroxyl groups is 1. The van der Waals surface area contributed by atoms with Crippen LogP contribution in [0.25, 0.3) is 5.76 Å². The van der Waals surface area contributed by atoms with Gasteiger partial charge in [-0.1, -0.05) is 53.3 Å². The lowest BCUT2D eigenvalue weighted by atomic mass is 9.95. The normalized spacial score (nSPS) is 16.6. The van der Waals surface area contributed by atoms with Gasteiger partial charge >= 0.3 is 11.9 Å². The van der Waals surface area contributed by atoms with Crippen molar-refractivity contribution in [1.29, 1.82) is 0 Å². The van der Waals surface area contributed by atoms with Crippen LogP contribution in [-0.4, -0.2) is 41.5 Å². The number of carbonyl (C=O) groups excluding carboxylic acids is 3. The maximum Gasteiger partial charge on any atom is 0.350 e. The summed E-state index contributed by atoms with van der Waals surface area (Å²) in [4.78, 5) is 45.0. The summed E-state index contributed by atoms with van der Waals surface area (Å²) in [5.41, 5.74) is 1.48. The second-order valence-corrected chi connectivity index (χ2v) is 10.1. The number of esters is 1. The predicted molar refractivity (Wildman–Crippen MR) is 146 cm³/mol. The molecule has 1 amide bonds. The Morgan fingerprint density at radius 2 is 1.95 bits per heavy atom. The van der Waals surface area contributed by atoms with E-state index in [4.69, 9.17) is 32.7 Å². The van der Waals surface area contributed by atoms with Crippen molar-refractivity contribution in [3.8, 4) is 5.75 Å². The molecule has 0 radical (unpaired) electrons. The summed E-state index contributed by atoms with van der Waals surface area (Å²) in [5, 5.41) is 11.9. The lowest BCUT2D eigenvalue weighted by Gasteiger charge is -2.24. The van der Waals surface area contributed by atoms with Crippen molar-refractivity contribution >= 4 is 63.1 Å². The molecule has 1 saturated heterocycles. The molecule has 1 atom stereocenters. The van der Waals surface area contributed by atoms with E-state index in [1.807, 2.05) is 0 Å². The van der Waals surface area contributed by atoms with E-state index in [9.17, 15) is 19.5 Å². The Hall–Kier alpha value is -3.66. The Kier molecular flexibility index (Phi) is 7.91. The van der Waals surface area contributed by atoms with Crippen molar-refractivity contribution in [3.63, 3.8) is 0 Å². The maximum atomic E-state index is 13.4. The van der Waals surface area contributed by atoms with Gasteiger partial charge in [0.2, 0.25) is 0 Å². The molecule has 4 rings (SSSR count). The maximum absolute atomic E-state index is 13.4. The number of anilines is 1. The average Bonchev–Trinajstić information content (AvgIpc) is 3.38. The average molecular weight is 573 g/mol. The fraction of sp³-hybridized carbons (Fsp3) is 0.185. The van der Waals surface area contributed by atoms with Crippen molar-refractivity contribution in [2.24, 2.45) is 0 Å². The molecule has 0 aliphatic carbocycles. The third-order valence-electron chi connectivity index (χ3n) is 5.88. The predicted octanol–water partition coefficient (Wildman–Crippen LogP) is 6.04. The first-order chi connectivity index (χ1) is 18.1. The summed E-state index contributed by atoms with van der Waals surface area (Å²) in [5.74, 6) is -2.32. The van der Waals surface area contributed by atoms with Gasteiger partial charge in [-0.05, 0) is 55.3 Å². The Morgan fingerprint density at radius 3 is 2.58 bits per heavy atom. The fourth-order valence-electron chi connectivity index (χ4n) is 4.10. The molecule has 1 fully saturated rings. The molecule has 1 aliphatic rings. The number of amides is 1. The largest absolute Gasteiger partial charge is 0.507 e. The Bertz CT molecular complexity index is 1510. The molecule has 11 heteroatoms. The minimum absolute atomic E-state index is 0.00230. The highest BCUT2D eigenvalue weighted by molar-refractivity contribution is 7.17. The monoisotopic (exact) mass is 572 g/mol. The number of nitrogens with zero attached hydrogens (tertiary/aromatic N) is 2. The number of aromatic nitrogens is 1. The molecular formula is C27H22Cl2N2O6S. The molecule has 2 heterocycles. The van der Waals surface area contributed by atoms with Crippen LogP contribution in [0.15, 0.2) is 54.6 Å². The number of rotatable bonds is 7. The summed E-state index contributed by atoms with van der Waals surface area (Å²) in [6, 6.07) is 8.33. The number of aryl methyl sites for hydroxylation is 2. The lowest BCUT2D eigenvalue weighted by molar-refractivity contribution is -0.132. The van der Waals surface area contributed by atoms with Gasteiger partial charge in [-0.25, -0.2) is 9.78 Å². The fourth-order valence-corrected chi connectivity index (χ4v) is 5.60. The molecule has 0 spiro atoms. The molecule has 196 valence electrons. The van der Waals surface area contributed by atoms with E-state index in [0.29, 0.717) is 33.2 Å². The molecule has 1 unspecified atom stereocenters. The van der Waals surface area contributed by atoms with Gasteiger partial charge in [-0.2, -0.15) is 0 Å². The first-order valence-electron chi connectivity index (χ1n) is 11.2. The standard InChI is InChI=1S/C27H22Cl2N2O6S/c1-5-10-37-26(35)24-14(3)30-27(38-24)31-21(17-8-7-16(28)12-18(17)29)20(23(33)25(31)34)22(32)15-6-9-19(36-4)13(2)11-15/h5-9,11-12,21,32H,1,10H2,2-4H3. The number of carbonyl (C=O) groups is 3. The highest BCUT2D eigenvalue weighted by Gasteiger charge is 2.49. The first-order valence-corrected chi connectivity index (χ1v) is 12.8. The zero-order valence-electron chi connectivity index (χ0n) is 20.6. The number of benzene rings is 2. The van der Waals surface area contributed by atoms with E-state index >= 15 is 0 Å². The van der Waals surface area contributed by atoms with E-state index in [2.05, 4.69) is 11.6 Å². The Labute approximate surface area is 232 Å². The van der Waals surface area contributed by atoms with Crippen molar-refractivity contribution in [1.82, 2.24) is 4.98 Å². The Morgan fingerprint density at radius 1 is 1.21 bits per heavy atom. The zero-order chi connectivity index (χ0) is 27.7. The van der Waals surface area contributed by atoms with Gasteiger partial charge in [0, 0.05) is 15.6 Å². The quantitative estimate of drug-likeness (QED) is 0.121. The first kappa shape index (κ1) is 27.4. The van der Waals surface area contributed by atoms with Gasteiger partial charge in [-0.3, -0.25) is 14.5 Å². The van der Waals surface area contributed by atoms with Crippen molar-refractivity contribution in [2.45, 2.75) is 19.9 Å². The molecule has 2 aromatic carbocycles. The summed E-state index contributed by atoms with van der Waals surface area (Å²) < 4.78 is 10.4. The molecule has 1 aliphatic heterocycles. The lowest BCUT2D eigenvalue weighted by Crippen LogP contribution is -2.29. The second kappa shape index (κ2) is 11.0. The molecule has 3 aromatic rings. The minimum Gasteiger partial charge on any atom is -0.507 e. The number of ether oxygens (including phenoxy) is 2. The number of methoxy groups -OCH3 is 1. The highest BCUT2D eigenvalue weighted by Crippen LogP contribution is 2.46. The zero-order valence-corrected chi connectivity index (χ0v) is 22.9. The van der Waals surface area contributed by atoms with E-state index < -0.39 is 29.5 Å². The molecule has 38 heavy (non-hydrogen) atoms. The van der Waals surface area contributed by atoms with Crippen molar-refractivity contribution < 1.29 is 29.0 Å². The van der Waals surface area contributed by atoms with Gasteiger partial charge in [0.15, 0.2) is 5.13 Å². The van der Waals surface area contributed by atoms with Crippen LogP contribution in [0.1, 0.15) is 38.1 Å². The summed E-state index contributed by atoms with van der Waals surface area (Å²) >= 11 is 13.5. The van der Waals surface area contributed by atoms with Crippen LogP contribution in [0.3, 0.4) is 0 Å². The number of ketones is 1. The van der Waals surface area contributed by atoms with E-state index in [1.165, 1.54) is 19.3 Å². The van der Waals surface area contributed by atoms with Crippen LogP contribution in [0.2, 0.25) is 10.0 Å². The van der Waals surface area contributed by atoms with Crippen LogP contribution in [0.5, 0.6) is 5.75 Å². The number of hydrogen-bond acceptors (Lipinski definition) is 8. The van der Waals surface area contributed by atoms with Crippen LogP contribution < -0.4 is 9.64 Å². The van der Waals surface area contributed by atoms with Crippen LogP contribution in [-0.2, 0) is 14.3 Å². The van der Waals surface area contributed by atoms with Gasteiger partial charge < -0.3 is 14.6 Å². The molecule has 1 aromatic heterocycles. The van der Waals surface area contributed by atoms with E-state index in [1.54, 1.807) is 44.2 Å². The third-order valence-corrected chi connectivity index (χ3v) is 7.58. The minimum atomic E-state index is -1.15. The molecule has 1 N–H and O–H groups in total. The van der Waals surface area contributed by atoms with Crippen LogP contribution >= 0.6 is 34.5 Å². The number of hydrogen-bond donors (Lipinski definition) is 1. The van der Waals surface area contributed by atoms with Gasteiger partial charge in [-0.15, -0.1) is 0 Å². The number of aliphatic hydroxyl groups excluding tert-OH is 1. The topological polar surface area (TPSA) is 106 Å². The third kappa shape index (κ3) is 4.92. The summed E-state index contributed by atoms with van der Waals surface area (Å²) in [6.45, 7) is 6.89. The number of halogens is 2. The molecular weight excluding hydrogens is 551 g/mol. The van der Waals surface area contributed by atoms with E-state index in [0.717, 1.165) is 16.2 Å². The molecule has 0 bridgehead atoms. The molecule has 8 nitrogen and oxygen atoms in total. The van der Waals surface area contributed by atoms with Crippen molar-refractivity contribution in [3.05, 3.63) is 91.9 Å². The number of Topliss-reactive ketones (excluding diaryl/α,β-unsaturated/α-hetero) is 1. The molecule has 0 saturated carbocycles. The second-order valence-electron chi connectivity index (χ2n) is 8.32. The van der Waals surface area contributed by atoms with Crippen molar-refractivity contribution in [2.75, 3.05) is 18.6 Å². The van der Waals surface area contributed by atoms with Gasteiger partial charge in [0.1, 0.15) is 23.0 Å². The summed E-state index contributed by atoms with van der Waals surface area (Å²) in [7, 11) is 1.52. The van der Waals surface area contributed by atoms with Crippen LogP contribution in [0.4, 0.5) is 5.13 Å². The van der Waals surface area contributed by atoms with E-state index in [-0.39, 0.29) is 27.2 Å². The summed E-state index contributed by atoms with van der Waals surface area (Å²) in [6.07, 6.45) is 1.43. The highest BCUT2D eigenvalue weighted by atomic mass is 35.5. The Balaban J connectivity index is 1.92. The van der Waals surface area contributed by atoms with Gasteiger partial charge in [0.25, 0.3) is 5.78 Å². The van der Waals surface area contributed by atoms with Crippen LogP contribution in [0, 0.1) is 13.8 Å². The smallest absolute Gasteiger partial charge is 0.350 e. The SMILES string of the molecule is C=CCOC(=O)c1sc(N2C(=O)C(=O)C(=C(O)c3ccc(OC)c(C)c3)C2c2ccc(Cl)cc2Cl)nc1C. The number of thiazole rings is 1. The van der Waals surface area contributed by atoms with Gasteiger partial charge in [0.05, 0.1) is 24.4 Å².